The smallest absolute Gasteiger partial charge is 0.164 e. The van der Waals surface area contributed by atoms with Gasteiger partial charge in [0.25, 0.3) is 0 Å². The number of aromatic nitrogens is 3. The average molecular weight is 306 g/mol. The fourth-order valence-corrected chi connectivity index (χ4v) is 2.55. The van der Waals surface area contributed by atoms with Crippen molar-refractivity contribution >= 4 is 34.4 Å². The van der Waals surface area contributed by atoms with Gasteiger partial charge in [-0.15, -0.1) is 11.6 Å². The molecule has 0 saturated heterocycles. The zero-order valence-electron chi connectivity index (χ0n) is 11.2. The molecular formula is C15H13Cl2N3. The monoisotopic (exact) mass is 305 g/mol. The van der Waals surface area contributed by atoms with Crippen LogP contribution in [0.15, 0.2) is 30.5 Å². The van der Waals surface area contributed by atoms with Crippen molar-refractivity contribution in [1.82, 2.24) is 14.5 Å². The highest BCUT2D eigenvalue weighted by Crippen LogP contribution is 2.25. The number of hydrogen-bond acceptors (Lipinski definition) is 2. The molecular weight excluding hydrogens is 293 g/mol. The van der Waals surface area contributed by atoms with Crippen LogP contribution in [0.25, 0.3) is 16.9 Å². The van der Waals surface area contributed by atoms with Crippen molar-refractivity contribution in [3.8, 4) is 5.69 Å². The fraction of sp³-hybridized carbons (Fsp3) is 0.200. The largest absolute Gasteiger partial charge is 0.280 e. The second-order valence-corrected chi connectivity index (χ2v) is 5.46. The van der Waals surface area contributed by atoms with E-state index in [1.54, 1.807) is 0 Å². The van der Waals surface area contributed by atoms with Crippen LogP contribution < -0.4 is 0 Å². The zero-order chi connectivity index (χ0) is 14.3. The summed E-state index contributed by atoms with van der Waals surface area (Å²) in [5, 5.41) is 0.719. The van der Waals surface area contributed by atoms with Crippen LogP contribution in [0.1, 0.15) is 17.0 Å². The molecule has 0 spiro atoms. The third kappa shape index (κ3) is 2.17. The van der Waals surface area contributed by atoms with Gasteiger partial charge in [-0.3, -0.25) is 4.57 Å². The van der Waals surface area contributed by atoms with E-state index in [-0.39, 0.29) is 0 Å². The lowest BCUT2D eigenvalue weighted by molar-refractivity contribution is 0.968. The molecule has 0 amide bonds. The summed E-state index contributed by atoms with van der Waals surface area (Å²) in [6.45, 7) is 3.97. The van der Waals surface area contributed by atoms with Crippen LogP contribution in [0.4, 0.5) is 0 Å². The van der Waals surface area contributed by atoms with E-state index >= 15 is 0 Å². The number of fused-ring (bicyclic) bond motifs is 1. The molecule has 0 aliphatic heterocycles. The van der Waals surface area contributed by atoms with Gasteiger partial charge in [0.05, 0.1) is 11.6 Å². The van der Waals surface area contributed by atoms with Gasteiger partial charge < -0.3 is 0 Å². The first-order valence-electron chi connectivity index (χ1n) is 6.26. The lowest BCUT2D eigenvalue weighted by Gasteiger charge is -2.08. The molecule has 0 unspecified atom stereocenters. The number of nitrogens with zero attached hydrogens (tertiary/aromatic N) is 3. The first-order valence-corrected chi connectivity index (χ1v) is 7.18. The van der Waals surface area contributed by atoms with Gasteiger partial charge in [0.2, 0.25) is 0 Å². The maximum absolute atomic E-state index is 6.22. The first kappa shape index (κ1) is 13.4. The maximum Gasteiger partial charge on any atom is 0.164 e. The van der Waals surface area contributed by atoms with Crippen molar-refractivity contribution in [2.45, 2.75) is 19.7 Å². The lowest BCUT2D eigenvalue weighted by atomic mass is 10.2. The predicted molar refractivity (Wildman–Crippen MR) is 82.9 cm³/mol. The quantitative estimate of drug-likeness (QED) is 0.656. The Labute approximate surface area is 127 Å². The Morgan fingerprint density at radius 1 is 1.20 bits per heavy atom. The Morgan fingerprint density at radius 2 is 2.00 bits per heavy atom. The number of imidazole rings is 1. The summed E-state index contributed by atoms with van der Waals surface area (Å²) in [7, 11) is 0. The highest BCUT2D eigenvalue weighted by Gasteiger charge is 2.13. The van der Waals surface area contributed by atoms with Crippen LogP contribution in [0.2, 0.25) is 5.02 Å². The molecule has 102 valence electrons. The van der Waals surface area contributed by atoms with Crippen molar-refractivity contribution in [3.63, 3.8) is 0 Å². The average Bonchev–Trinajstić information content (AvgIpc) is 2.79. The number of aryl methyl sites for hydroxylation is 2. The van der Waals surface area contributed by atoms with Gasteiger partial charge in [-0.1, -0.05) is 17.7 Å². The molecule has 3 nitrogen and oxygen atoms in total. The van der Waals surface area contributed by atoms with Crippen LogP contribution in [-0.4, -0.2) is 14.5 Å². The molecule has 20 heavy (non-hydrogen) atoms. The van der Waals surface area contributed by atoms with Crippen molar-refractivity contribution in [3.05, 3.63) is 52.4 Å². The molecule has 0 saturated carbocycles. The summed E-state index contributed by atoms with van der Waals surface area (Å²) in [6.07, 6.45) is 1.83. The molecule has 1 aromatic carbocycles. The Balaban J connectivity index is 2.30. The lowest BCUT2D eigenvalue weighted by Crippen LogP contribution is -2.00. The second-order valence-electron chi connectivity index (χ2n) is 4.79. The Bertz CT molecular complexity index is 793. The van der Waals surface area contributed by atoms with E-state index in [2.05, 4.69) is 9.97 Å². The molecule has 2 heterocycles. The first-order chi connectivity index (χ1) is 9.60. The molecule has 3 rings (SSSR count). The minimum atomic E-state index is 0.320. The van der Waals surface area contributed by atoms with Gasteiger partial charge in [0.15, 0.2) is 5.65 Å². The zero-order valence-corrected chi connectivity index (χ0v) is 12.7. The number of halogens is 2. The minimum Gasteiger partial charge on any atom is -0.280 e. The van der Waals surface area contributed by atoms with E-state index in [0.29, 0.717) is 5.88 Å². The van der Waals surface area contributed by atoms with E-state index in [0.717, 1.165) is 38.8 Å². The molecule has 2 aromatic heterocycles. The summed E-state index contributed by atoms with van der Waals surface area (Å²) in [4.78, 5) is 9.02. The molecule has 0 radical (unpaired) electrons. The minimum absolute atomic E-state index is 0.320. The summed E-state index contributed by atoms with van der Waals surface area (Å²) in [5.41, 5.74) is 4.68. The van der Waals surface area contributed by atoms with Crippen LogP contribution >= 0.6 is 23.2 Å². The van der Waals surface area contributed by atoms with E-state index in [4.69, 9.17) is 23.2 Å². The third-order valence-corrected chi connectivity index (χ3v) is 3.88. The Hall–Kier alpha value is -1.58. The molecule has 0 aliphatic rings. The molecule has 0 aliphatic carbocycles. The number of pyridine rings is 1. The summed E-state index contributed by atoms with van der Waals surface area (Å²) >= 11 is 12.2. The van der Waals surface area contributed by atoms with Gasteiger partial charge in [-0.2, -0.15) is 0 Å². The maximum atomic E-state index is 6.22. The predicted octanol–water partition coefficient (Wildman–Crippen LogP) is 4.43. The standard InChI is InChI=1S/C15H13Cl2N3/c1-9-5-13-15(18-8-9)20(14(7-16)19-13)11-4-3-10(2)12(17)6-11/h3-6,8H,7H2,1-2H3. The van der Waals surface area contributed by atoms with Crippen LogP contribution in [0.5, 0.6) is 0 Å². The number of benzene rings is 1. The third-order valence-electron chi connectivity index (χ3n) is 3.24. The van der Waals surface area contributed by atoms with Gasteiger partial charge in [-0.05, 0) is 43.2 Å². The highest BCUT2D eigenvalue weighted by atomic mass is 35.5. The van der Waals surface area contributed by atoms with E-state index in [9.17, 15) is 0 Å². The fourth-order valence-electron chi connectivity index (χ4n) is 2.19. The Morgan fingerprint density at radius 3 is 2.70 bits per heavy atom. The highest BCUT2D eigenvalue weighted by molar-refractivity contribution is 6.31. The van der Waals surface area contributed by atoms with Gasteiger partial charge in [-0.25, -0.2) is 9.97 Å². The van der Waals surface area contributed by atoms with Crippen LogP contribution in [0, 0.1) is 13.8 Å². The molecule has 0 fully saturated rings. The summed E-state index contributed by atoms with van der Waals surface area (Å²) in [5.74, 6) is 1.08. The molecule has 5 heteroatoms. The van der Waals surface area contributed by atoms with Gasteiger partial charge >= 0.3 is 0 Å². The normalized spacial score (nSPS) is 11.2. The van der Waals surface area contributed by atoms with E-state index in [1.165, 1.54) is 0 Å². The summed E-state index contributed by atoms with van der Waals surface area (Å²) < 4.78 is 1.95. The SMILES string of the molecule is Cc1cnc2c(c1)nc(CCl)n2-c1ccc(C)c(Cl)c1. The van der Waals surface area contributed by atoms with Gasteiger partial charge in [0, 0.05) is 11.2 Å². The molecule has 0 bridgehead atoms. The Kier molecular flexibility index (Phi) is 3.40. The summed E-state index contributed by atoms with van der Waals surface area (Å²) in [6, 6.07) is 7.90. The molecule has 0 atom stereocenters. The molecule has 0 N–H and O–H groups in total. The van der Waals surface area contributed by atoms with Crippen molar-refractivity contribution in [2.24, 2.45) is 0 Å². The topological polar surface area (TPSA) is 30.7 Å². The molecule has 3 aromatic rings. The van der Waals surface area contributed by atoms with Crippen LogP contribution in [-0.2, 0) is 5.88 Å². The van der Waals surface area contributed by atoms with Crippen molar-refractivity contribution in [2.75, 3.05) is 0 Å². The van der Waals surface area contributed by atoms with Crippen molar-refractivity contribution in [1.29, 1.82) is 0 Å². The number of rotatable bonds is 2. The van der Waals surface area contributed by atoms with Crippen LogP contribution in [0.3, 0.4) is 0 Å². The van der Waals surface area contributed by atoms with Crippen molar-refractivity contribution < 1.29 is 0 Å². The van der Waals surface area contributed by atoms with E-state index in [1.807, 2.05) is 48.9 Å². The second kappa shape index (κ2) is 5.08. The number of hydrogen-bond donors (Lipinski definition) is 0. The number of alkyl halides is 1. The van der Waals surface area contributed by atoms with E-state index < -0.39 is 0 Å². The van der Waals surface area contributed by atoms with Gasteiger partial charge in [0.1, 0.15) is 11.3 Å².